The lowest BCUT2D eigenvalue weighted by Crippen LogP contribution is -2.13. The zero-order chi connectivity index (χ0) is 13.2. The fraction of sp³-hybridized carbons (Fsp3) is 0.438. The highest BCUT2D eigenvalue weighted by atomic mass is 32.1. The highest BCUT2D eigenvalue weighted by Crippen LogP contribution is 2.29. The van der Waals surface area contributed by atoms with E-state index in [-0.39, 0.29) is 0 Å². The molecule has 100 valence electrons. The Morgan fingerprint density at radius 3 is 2.68 bits per heavy atom. The topological polar surface area (TPSA) is 24.9 Å². The number of hydrogen-bond donors (Lipinski definition) is 1. The fourth-order valence-corrected chi connectivity index (χ4v) is 3.42. The van der Waals surface area contributed by atoms with Crippen molar-refractivity contribution in [3.63, 3.8) is 0 Å². The molecule has 0 bridgehead atoms. The maximum atomic E-state index is 4.72. The van der Waals surface area contributed by atoms with E-state index < -0.39 is 0 Å². The van der Waals surface area contributed by atoms with Gasteiger partial charge in [-0.25, -0.2) is 4.98 Å². The molecule has 3 rings (SSSR count). The Morgan fingerprint density at radius 1 is 1.16 bits per heavy atom. The van der Waals surface area contributed by atoms with Crippen LogP contribution in [0.15, 0.2) is 23.6 Å². The van der Waals surface area contributed by atoms with Gasteiger partial charge in [0.2, 0.25) is 0 Å². The second-order valence-electron chi connectivity index (χ2n) is 5.46. The summed E-state index contributed by atoms with van der Waals surface area (Å²) < 4.78 is 0. The minimum absolute atomic E-state index is 0.638. The van der Waals surface area contributed by atoms with Gasteiger partial charge in [0.15, 0.2) is 5.13 Å². The van der Waals surface area contributed by atoms with Gasteiger partial charge < -0.3 is 5.32 Å². The van der Waals surface area contributed by atoms with Gasteiger partial charge in [0.05, 0.1) is 5.69 Å². The van der Waals surface area contributed by atoms with Crippen molar-refractivity contribution < 1.29 is 0 Å². The van der Waals surface area contributed by atoms with Crippen LogP contribution in [0.2, 0.25) is 0 Å². The van der Waals surface area contributed by atoms with E-state index in [9.17, 15) is 0 Å². The second-order valence-corrected chi connectivity index (χ2v) is 6.32. The standard InChI is InChI=1S/C16H20N2S/c1-11-7-8-13(9-12(11)2)15-10-19-16(18-15)17-14-5-3-4-6-14/h7-10,14H,3-6H2,1-2H3,(H,17,18). The van der Waals surface area contributed by atoms with E-state index in [4.69, 9.17) is 4.98 Å². The van der Waals surface area contributed by atoms with Gasteiger partial charge in [-0.1, -0.05) is 25.0 Å². The van der Waals surface area contributed by atoms with Gasteiger partial charge in [0.1, 0.15) is 0 Å². The van der Waals surface area contributed by atoms with Crippen molar-refractivity contribution in [3.05, 3.63) is 34.7 Å². The number of nitrogens with one attached hydrogen (secondary N) is 1. The van der Waals surface area contributed by atoms with E-state index in [2.05, 4.69) is 42.7 Å². The zero-order valence-corrected chi connectivity index (χ0v) is 12.4. The van der Waals surface area contributed by atoms with Crippen molar-refractivity contribution in [3.8, 4) is 11.3 Å². The number of nitrogens with zero attached hydrogens (tertiary/aromatic N) is 1. The third-order valence-electron chi connectivity index (χ3n) is 3.99. The van der Waals surface area contributed by atoms with Crippen LogP contribution in [0.5, 0.6) is 0 Å². The molecule has 1 saturated carbocycles. The van der Waals surface area contributed by atoms with Crippen LogP contribution < -0.4 is 5.32 Å². The van der Waals surface area contributed by atoms with Gasteiger partial charge in [-0.3, -0.25) is 0 Å². The monoisotopic (exact) mass is 272 g/mol. The first-order chi connectivity index (χ1) is 9.22. The molecule has 1 N–H and O–H groups in total. The van der Waals surface area contributed by atoms with Crippen LogP contribution in [0.4, 0.5) is 5.13 Å². The zero-order valence-electron chi connectivity index (χ0n) is 11.6. The minimum atomic E-state index is 0.638. The van der Waals surface area contributed by atoms with Crippen molar-refractivity contribution in [2.24, 2.45) is 0 Å². The Kier molecular flexibility index (Phi) is 3.56. The molecule has 3 heteroatoms. The summed E-state index contributed by atoms with van der Waals surface area (Å²) in [6.07, 6.45) is 5.29. The van der Waals surface area contributed by atoms with Gasteiger partial charge >= 0.3 is 0 Å². The molecule has 19 heavy (non-hydrogen) atoms. The quantitative estimate of drug-likeness (QED) is 0.869. The average Bonchev–Trinajstić information content (AvgIpc) is 3.05. The predicted octanol–water partition coefficient (Wildman–Crippen LogP) is 4.78. The van der Waals surface area contributed by atoms with Gasteiger partial charge in [-0.2, -0.15) is 0 Å². The summed E-state index contributed by atoms with van der Waals surface area (Å²) in [5, 5.41) is 6.79. The highest BCUT2D eigenvalue weighted by molar-refractivity contribution is 7.14. The predicted molar refractivity (Wildman–Crippen MR) is 82.9 cm³/mol. The maximum Gasteiger partial charge on any atom is 0.183 e. The molecule has 1 aliphatic rings. The van der Waals surface area contributed by atoms with Crippen molar-refractivity contribution in [2.75, 3.05) is 5.32 Å². The summed E-state index contributed by atoms with van der Waals surface area (Å²) in [6.45, 7) is 4.30. The molecule has 0 saturated heterocycles. The minimum Gasteiger partial charge on any atom is -0.359 e. The number of aromatic nitrogens is 1. The van der Waals surface area contributed by atoms with Crippen LogP contribution in [-0.4, -0.2) is 11.0 Å². The largest absolute Gasteiger partial charge is 0.359 e. The molecule has 0 aliphatic heterocycles. The first kappa shape index (κ1) is 12.7. The molecule has 1 fully saturated rings. The SMILES string of the molecule is Cc1ccc(-c2csc(NC3CCCC3)n2)cc1C. The molecular weight excluding hydrogens is 252 g/mol. The van der Waals surface area contributed by atoms with E-state index in [1.165, 1.54) is 42.4 Å². The molecule has 1 aromatic carbocycles. The lowest BCUT2D eigenvalue weighted by atomic mass is 10.1. The number of hydrogen-bond acceptors (Lipinski definition) is 3. The maximum absolute atomic E-state index is 4.72. The van der Waals surface area contributed by atoms with Crippen molar-refractivity contribution in [1.29, 1.82) is 0 Å². The number of rotatable bonds is 3. The molecular formula is C16H20N2S. The Bertz CT molecular complexity index is 568. The van der Waals surface area contributed by atoms with Crippen LogP contribution in [0.3, 0.4) is 0 Å². The Labute approximate surface area is 118 Å². The Morgan fingerprint density at radius 2 is 1.95 bits per heavy atom. The van der Waals surface area contributed by atoms with Crippen LogP contribution in [0.1, 0.15) is 36.8 Å². The van der Waals surface area contributed by atoms with Crippen LogP contribution >= 0.6 is 11.3 Å². The molecule has 1 heterocycles. The molecule has 2 nitrogen and oxygen atoms in total. The van der Waals surface area contributed by atoms with Crippen molar-refractivity contribution >= 4 is 16.5 Å². The van der Waals surface area contributed by atoms with Crippen LogP contribution in [-0.2, 0) is 0 Å². The van der Waals surface area contributed by atoms with Gasteiger partial charge in [0.25, 0.3) is 0 Å². The lowest BCUT2D eigenvalue weighted by Gasteiger charge is -2.09. The lowest BCUT2D eigenvalue weighted by molar-refractivity contribution is 0.754. The van der Waals surface area contributed by atoms with Gasteiger partial charge in [0, 0.05) is 17.0 Å². The summed E-state index contributed by atoms with van der Waals surface area (Å²) in [7, 11) is 0. The molecule has 1 aliphatic carbocycles. The van der Waals surface area contributed by atoms with Gasteiger partial charge in [-0.15, -0.1) is 11.3 Å². The van der Waals surface area contributed by atoms with E-state index in [0.717, 1.165) is 10.8 Å². The summed E-state index contributed by atoms with van der Waals surface area (Å²) in [5.74, 6) is 0. The van der Waals surface area contributed by atoms with E-state index in [1.807, 2.05) is 0 Å². The molecule has 1 aromatic heterocycles. The van der Waals surface area contributed by atoms with E-state index in [1.54, 1.807) is 11.3 Å². The summed E-state index contributed by atoms with van der Waals surface area (Å²) >= 11 is 1.72. The number of thiazole rings is 1. The van der Waals surface area contributed by atoms with E-state index in [0.29, 0.717) is 6.04 Å². The van der Waals surface area contributed by atoms with Crippen molar-refractivity contribution in [1.82, 2.24) is 4.98 Å². The summed E-state index contributed by atoms with van der Waals surface area (Å²) in [5.41, 5.74) is 4.98. The summed E-state index contributed by atoms with van der Waals surface area (Å²) in [4.78, 5) is 4.72. The smallest absolute Gasteiger partial charge is 0.183 e. The molecule has 0 unspecified atom stereocenters. The first-order valence-corrected chi connectivity index (χ1v) is 7.90. The van der Waals surface area contributed by atoms with Crippen molar-refractivity contribution in [2.45, 2.75) is 45.6 Å². The highest BCUT2D eigenvalue weighted by Gasteiger charge is 2.16. The molecule has 2 aromatic rings. The molecule has 0 radical (unpaired) electrons. The Hall–Kier alpha value is -1.35. The van der Waals surface area contributed by atoms with Crippen LogP contribution in [0.25, 0.3) is 11.3 Å². The average molecular weight is 272 g/mol. The molecule has 0 amide bonds. The fourth-order valence-electron chi connectivity index (χ4n) is 2.62. The van der Waals surface area contributed by atoms with Gasteiger partial charge in [-0.05, 0) is 43.9 Å². The number of anilines is 1. The van der Waals surface area contributed by atoms with E-state index >= 15 is 0 Å². The summed E-state index contributed by atoms with van der Waals surface area (Å²) in [6, 6.07) is 7.20. The Balaban J connectivity index is 1.78. The number of benzene rings is 1. The third-order valence-corrected chi connectivity index (χ3v) is 4.76. The normalized spacial score (nSPS) is 15.9. The van der Waals surface area contributed by atoms with Crippen LogP contribution in [0, 0.1) is 13.8 Å². The number of aryl methyl sites for hydroxylation is 2. The molecule has 0 spiro atoms. The second kappa shape index (κ2) is 5.33. The molecule has 0 atom stereocenters. The first-order valence-electron chi connectivity index (χ1n) is 7.02. The third kappa shape index (κ3) is 2.81.